The Kier molecular flexibility index (Phi) is 4.47. The number of hydrogen-bond acceptors (Lipinski definition) is 3. The number of likely N-dealkylation sites (tertiary alicyclic amines) is 2. The minimum atomic E-state index is -0.898. The molecule has 2 saturated heterocycles. The summed E-state index contributed by atoms with van der Waals surface area (Å²) in [5.41, 5.74) is 9.95. The summed E-state index contributed by atoms with van der Waals surface area (Å²) >= 11 is 0. The standard InChI is InChI=1S/C20H26FN3O2/c1-23-9-14(4-7-18(23)25)12-2-5-16-13(8-12)3-6-17(16)19(22)20(26)24-10-15(21)11-24/h2,5,8,14-15,17,19H,3-4,6-7,9-11,22H2,1H3/t14?,17-,19-/m0/s1. The van der Waals surface area contributed by atoms with Gasteiger partial charge in [-0.05, 0) is 36.0 Å². The Morgan fingerprint density at radius 2 is 2.00 bits per heavy atom. The average molecular weight is 359 g/mol. The van der Waals surface area contributed by atoms with Gasteiger partial charge in [-0.15, -0.1) is 0 Å². The Bertz CT molecular complexity index is 732. The van der Waals surface area contributed by atoms with E-state index in [4.69, 9.17) is 5.73 Å². The van der Waals surface area contributed by atoms with E-state index < -0.39 is 12.2 Å². The Morgan fingerprint density at radius 1 is 1.23 bits per heavy atom. The van der Waals surface area contributed by atoms with Gasteiger partial charge in [0.15, 0.2) is 0 Å². The third kappa shape index (κ3) is 3.00. The first-order valence-corrected chi connectivity index (χ1v) is 9.49. The van der Waals surface area contributed by atoms with Crippen LogP contribution in [0.3, 0.4) is 0 Å². The molecular weight excluding hydrogens is 333 g/mol. The number of likely N-dealkylation sites (N-methyl/N-ethyl adjacent to an activating group) is 1. The quantitative estimate of drug-likeness (QED) is 0.891. The summed E-state index contributed by atoms with van der Waals surface area (Å²) in [5, 5.41) is 0. The van der Waals surface area contributed by atoms with E-state index in [0.29, 0.717) is 12.3 Å². The number of hydrogen-bond donors (Lipinski definition) is 1. The molecule has 4 rings (SSSR count). The topological polar surface area (TPSA) is 66.6 Å². The number of aryl methyl sites for hydroxylation is 1. The van der Waals surface area contributed by atoms with Gasteiger partial charge >= 0.3 is 0 Å². The largest absolute Gasteiger partial charge is 0.345 e. The van der Waals surface area contributed by atoms with Crippen molar-refractivity contribution in [2.45, 2.75) is 49.7 Å². The number of amides is 2. The monoisotopic (exact) mass is 359 g/mol. The number of carbonyl (C=O) groups is 2. The molecule has 2 fully saturated rings. The number of halogens is 1. The van der Waals surface area contributed by atoms with Gasteiger partial charge < -0.3 is 15.5 Å². The number of carbonyl (C=O) groups excluding carboxylic acids is 2. The Labute approximate surface area is 153 Å². The molecule has 140 valence electrons. The summed E-state index contributed by atoms with van der Waals surface area (Å²) < 4.78 is 13.0. The van der Waals surface area contributed by atoms with Gasteiger partial charge in [0.05, 0.1) is 19.1 Å². The number of fused-ring (bicyclic) bond motifs is 1. The second-order valence-corrected chi connectivity index (χ2v) is 7.98. The zero-order valence-electron chi connectivity index (χ0n) is 15.2. The maximum atomic E-state index is 13.0. The van der Waals surface area contributed by atoms with Crippen LogP contribution in [0.15, 0.2) is 18.2 Å². The van der Waals surface area contributed by atoms with Crippen LogP contribution in [0.25, 0.3) is 0 Å². The van der Waals surface area contributed by atoms with E-state index >= 15 is 0 Å². The van der Waals surface area contributed by atoms with E-state index in [-0.39, 0.29) is 30.8 Å². The molecule has 1 unspecified atom stereocenters. The van der Waals surface area contributed by atoms with E-state index in [2.05, 4.69) is 18.2 Å². The van der Waals surface area contributed by atoms with Gasteiger partial charge in [-0.1, -0.05) is 18.2 Å². The lowest BCUT2D eigenvalue weighted by Gasteiger charge is -2.37. The number of alkyl halides is 1. The van der Waals surface area contributed by atoms with Crippen molar-refractivity contribution in [3.8, 4) is 0 Å². The lowest BCUT2D eigenvalue weighted by molar-refractivity contribution is -0.140. The fraction of sp³-hybridized carbons (Fsp3) is 0.600. The van der Waals surface area contributed by atoms with Crippen molar-refractivity contribution >= 4 is 11.8 Å². The van der Waals surface area contributed by atoms with E-state index in [1.807, 2.05) is 11.9 Å². The minimum absolute atomic E-state index is 0.0146. The molecule has 0 saturated carbocycles. The molecular formula is C20H26FN3O2. The highest BCUT2D eigenvalue weighted by molar-refractivity contribution is 5.84. The van der Waals surface area contributed by atoms with Crippen molar-refractivity contribution < 1.29 is 14.0 Å². The highest BCUT2D eigenvalue weighted by Gasteiger charge is 2.38. The second-order valence-electron chi connectivity index (χ2n) is 7.98. The van der Waals surface area contributed by atoms with Crippen LogP contribution in [-0.4, -0.2) is 60.5 Å². The number of nitrogens with zero attached hydrogens (tertiary/aromatic N) is 2. The van der Waals surface area contributed by atoms with Crippen LogP contribution in [0.5, 0.6) is 0 Å². The van der Waals surface area contributed by atoms with Crippen LogP contribution in [0.2, 0.25) is 0 Å². The molecule has 2 amide bonds. The number of nitrogens with two attached hydrogens (primary N) is 1. The summed E-state index contributed by atoms with van der Waals surface area (Å²) in [7, 11) is 1.86. The zero-order valence-corrected chi connectivity index (χ0v) is 15.2. The summed E-state index contributed by atoms with van der Waals surface area (Å²) in [6.45, 7) is 1.12. The zero-order chi connectivity index (χ0) is 18.4. The van der Waals surface area contributed by atoms with Crippen molar-refractivity contribution in [3.05, 3.63) is 34.9 Å². The second kappa shape index (κ2) is 6.65. The lowest BCUT2D eigenvalue weighted by Crippen LogP contribution is -2.57. The molecule has 2 N–H and O–H groups in total. The van der Waals surface area contributed by atoms with E-state index in [1.54, 1.807) is 0 Å². The molecule has 1 aromatic carbocycles. The van der Waals surface area contributed by atoms with Crippen molar-refractivity contribution in [1.82, 2.24) is 9.80 Å². The third-order valence-electron chi connectivity index (χ3n) is 6.26. The lowest BCUT2D eigenvalue weighted by atomic mass is 9.87. The molecule has 6 heteroatoms. The van der Waals surface area contributed by atoms with Gasteiger partial charge in [0.2, 0.25) is 11.8 Å². The Morgan fingerprint density at radius 3 is 2.69 bits per heavy atom. The van der Waals surface area contributed by atoms with E-state index in [1.165, 1.54) is 16.0 Å². The van der Waals surface area contributed by atoms with Gasteiger partial charge in [0.1, 0.15) is 6.17 Å². The summed E-state index contributed by atoms with van der Waals surface area (Å²) in [6, 6.07) is 5.89. The molecule has 2 heterocycles. The van der Waals surface area contributed by atoms with Crippen molar-refractivity contribution in [2.24, 2.45) is 5.73 Å². The predicted octanol–water partition coefficient (Wildman–Crippen LogP) is 1.56. The molecule has 3 atom stereocenters. The van der Waals surface area contributed by atoms with E-state index in [0.717, 1.165) is 31.4 Å². The predicted molar refractivity (Wildman–Crippen MR) is 96.6 cm³/mol. The molecule has 0 spiro atoms. The third-order valence-corrected chi connectivity index (χ3v) is 6.26. The first-order chi connectivity index (χ1) is 12.4. The van der Waals surface area contributed by atoms with Crippen LogP contribution in [0.1, 0.15) is 47.8 Å². The molecule has 3 aliphatic rings. The number of benzene rings is 1. The molecule has 1 aromatic rings. The number of rotatable bonds is 3. The van der Waals surface area contributed by atoms with Gasteiger partial charge in [-0.2, -0.15) is 0 Å². The number of piperidine rings is 1. The van der Waals surface area contributed by atoms with Gasteiger partial charge in [0, 0.05) is 31.8 Å². The maximum absolute atomic E-state index is 13.0. The smallest absolute Gasteiger partial charge is 0.240 e. The molecule has 26 heavy (non-hydrogen) atoms. The Balaban J connectivity index is 1.48. The first-order valence-electron chi connectivity index (χ1n) is 9.49. The Hall–Kier alpha value is -1.95. The van der Waals surface area contributed by atoms with Crippen molar-refractivity contribution in [3.63, 3.8) is 0 Å². The van der Waals surface area contributed by atoms with Crippen LogP contribution in [0.4, 0.5) is 4.39 Å². The average Bonchev–Trinajstić information content (AvgIpc) is 3.03. The maximum Gasteiger partial charge on any atom is 0.240 e. The SMILES string of the molecule is CN1CC(c2ccc3c(c2)CC[C@@H]3[C@H](N)C(=O)N2CC(F)C2)CCC1=O. The van der Waals surface area contributed by atoms with Gasteiger partial charge in [-0.3, -0.25) is 9.59 Å². The van der Waals surface area contributed by atoms with Crippen LogP contribution >= 0.6 is 0 Å². The fourth-order valence-electron chi connectivity index (χ4n) is 4.57. The molecule has 5 nitrogen and oxygen atoms in total. The minimum Gasteiger partial charge on any atom is -0.345 e. The highest BCUT2D eigenvalue weighted by atomic mass is 19.1. The van der Waals surface area contributed by atoms with Gasteiger partial charge in [0.25, 0.3) is 0 Å². The molecule has 0 radical (unpaired) electrons. The molecule has 0 aromatic heterocycles. The highest BCUT2D eigenvalue weighted by Crippen LogP contribution is 2.38. The van der Waals surface area contributed by atoms with Crippen LogP contribution in [0, 0.1) is 0 Å². The first kappa shape index (κ1) is 17.5. The normalized spacial score (nSPS) is 27.3. The van der Waals surface area contributed by atoms with Crippen molar-refractivity contribution in [2.75, 3.05) is 26.7 Å². The summed E-state index contributed by atoms with van der Waals surface area (Å²) in [6.07, 6.45) is 2.38. The van der Waals surface area contributed by atoms with E-state index in [9.17, 15) is 14.0 Å². The molecule has 0 bridgehead atoms. The van der Waals surface area contributed by atoms with Gasteiger partial charge in [-0.25, -0.2) is 4.39 Å². The van der Waals surface area contributed by atoms with Crippen molar-refractivity contribution in [1.29, 1.82) is 0 Å². The molecule has 1 aliphatic carbocycles. The summed E-state index contributed by atoms with van der Waals surface area (Å²) in [5.74, 6) is 0.475. The van der Waals surface area contributed by atoms with Crippen LogP contribution in [-0.2, 0) is 16.0 Å². The summed E-state index contributed by atoms with van der Waals surface area (Å²) in [4.78, 5) is 27.5. The fourth-order valence-corrected chi connectivity index (χ4v) is 4.57. The van der Waals surface area contributed by atoms with Crippen LogP contribution < -0.4 is 5.73 Å². The molecule has 2 aliphatic heterocycles.